The van der Waals surface area contributed by atoms with Crippen molar-refractivity contribution in [3.05, 3.63) is 29.6 Å². The predicted octanol–water partition coefficient (Wildman–Crippen LogP) is 1.38. The van der Waals surface area contributed by atoms with E-state index in [4.69, 9.17) is 4.74 Å². The van der Waals surface area contributed by atoms with Crippen LogP contribution in [0.25, 0.3) is 0 Å². The minimum Gasteiger partial charge on any atom is -0.384 e. The van der Waals surface area contributed by atoms with E-state index in [-0.39, 0.29) is 23.7 Å². The van der Waals surface area contributed by atoms with Crippen LogP contribution in [0.4, 0.5) is 10.1 Å². The van der Waals surface area contributed by atoms with Gasteiger partial charge in [0.1, 0.15) is 5.82 Å². The average Bonchev–Trinajstić information content (AvgIpc) is 2.59. The van der Waals surface area contributed by atoms with Gasteiger partial charge in [-0.15, -0.1) is 0 Å². The predicted molar refractivity (Wildman–Crippen MR) is 91.8 cm³/mol. The first-order valence-electron chi connectivity index (χ1n) is 8.60. The Kier molecular flexibility index (Phi) is 5.34. The van der Waals surface area contributed by atoms with Gasteiger partial charge in [0.2, 0.25) is 11.8 Å². The number of hydrogen-bond acceptors (Lipinski definition) is 4. The lowest BCUT2D eigenvalue weighted by atomic mass is 9.79. The molecule has 2 amide bonds. The van der Waals surface area contributed by atoms with Gasteiger partial charge >= 0.3 is 0 Å². The monoisotopic (exact) mass is 349 g/mol. The summed E-state index contributed by atoms with van der Waals surface area (Å²) < 4.78 is 18.8. The van der Waals surface area contributed by atoms with Gasteiger partial charge in [-0.3, -0.25) is 9.59 Å². The summed E-state index contributed by atoms with van der Waals surface area (Å²) >= 11 is 0. The van der Waals surface area contributed by atoms with E-state index in [1.54, 1.807) is 13.2 Å². The van der Waals surface area contributed by atoms with Crippen molar-refractivity contribution in [3.63, 3.8) is 0 Å². The van der Waals surface area contributed by atoms with Gasteiger partial charge < -0.3 is 20.7 Å². The highest BCUT2D eigenvalue weighted by molar-refractivity contribution is 6.01. The molecule has 0 bridgehead atoms. The van der Waals surface area contributed by atoms with Gasteiger partial charge in [-0.05, 0) is 43.6 Å². The average molecular weight is 349 g/mol. The van der Waals surface area contributed by atoms with Gasteiger partial charge in [0.25, 0.3) is 0 Å². The fourth-order valence-corrected chi connectivity index (χ4v) is 3.70. The molecule has 0 radical (unpaired) electrons. The second-order valence-corrected chi connectivity index (χ2v) is 6.94. The summed E-state index contributed by atoms with van der Waals surface area (Å²) in [6, 6.07) is 4.14. The number of nitrogens with one attached hydrogen (secondary N) is 3. The third-order valence-electron chi connectivity index (χ3n) is 5.12. The maximum atomic E-state index is 13.4. The van der Waals surface area contributed by atoms with Crippen molar-refractivity contribution < 1.29 is 18.7 Å². The molecule has 2 aliphatic heterocycles. The van der Waals surface area contributed by atoms with Crippen LogP contribution in [0, 0.1) is 11.2 Å². The van der Waals surface area contributed by atoms with Crippen molar-refractivity contribution in [1.82, 2.24) is 10.6 Å². The number of carbonyl (C=O) groups excluding carboxylic acids is 2. The first-order chi connectivity index (χ1) is 12.0. The molecule has 0 aromatic heterocycles. The van der Waals surface area contributed by atoms with Crippen molar-refractivity contribution in [2.75, 3.05) is 38.7 Å². The molecule has 6 nitrogen and oxygen atoms in total. The number of amides is 2. The third-order valence-corrected chi connectivity index (χ3v) is 5.12. The lowest BCUT2D eigenvalue weighted by Crippen LogP contribution is -2.48. The van der Waals surface area contributed by atoms with E-state index in [9.17, 15) is 14.0 Å². The van der Waals surface area contributed by atoms with E-state index in [1.165, 1.54) is 12.1 Å². The Balaban J connectivity index is 1.72. The van der Waals surface area contributed by atoms with Crippen molar-refractivity contribution >= 4 is 17.5 Å². The van der Waals surface area contributed by atoms with Crippen LogP contribution in [-0.2, 0) is 14.3 Å². The highest BCUT2D eigenvalue weighted by atomic mass is 19.1. The van der Waals surface area contributed by atoms with E-state index >= 15 is 0 Å². The zero-order valence-corrected chi connectivity index (χ0v) is 14.4. The van der Waals surface area contributed by atoms with Gasteiger partial charge in [0, 0.05) is 31.2 Å². The van der Waals surface area contributed by atoms with Crippen LogP contribution in [0.2, 0.25) is 0 Å². The van der Waals surface area contributed by atoms with E-state index in [0.717, 1.165) is 25.9 Å². The van der Waals surface area contributed by atoms with Crippen LogP contribution < -0.4 is 16.0 Å². The molecule has 1 atom stereocenters. The molecule has 136 valence electrons. The molecule has 25 heavy (non-hydrogen) atoms. The molecule has 3 rings (SSSR count). The maximum absolute atomic E-state index is 13.4. The lowest BCUT2D eigenvalue weighted by Gasteiger charge is -2.37. The summed E-state index contributed by atoms with van der Waals surface area (Å²) in [5, 5.41) is 8.95. The van der Waals surface area contributed by atoms with Gasteiger partial charge in [-0.25, -0.2) is 4.39 Å². The number of piperidine rings is 1. The minimum atomic E-state index is -0.592. The SMILES string of the molecule is COCC1(CNC(=O)C2CC(=O)Nc3cc(F)ccc32)CCNCC1. The standard InChI is InChI=1S/C18H24FN3O3/c1-25-11-18(4-6-20-7-5-18)10-21-17(24)14-9-16(23)22-15-8-12(19)2-3-13(14)15/h2-3,8,14,20H,4-7,9-11H2,1H3,(H,21,24)(H,22,23). The number of benzene rings is 1. The third kappa shape index (κ3) is 3.99. The summed E-state index contributed by atoms with van der Waals surface area (Å²) in [4.78, 5) is 24.6. The van der Waals surface area contributed by atoms with Crippen molar-refractivity contribution in [1.29, 1.82) is 0 Å². The molecule has 1 aromatic rings. The summed E-state index contributed by atoms with van der Waals surface area (Å²) in [6.07, 6.45) is 1.92. The molecular weight excluding hydrogens is 325 g/mol. The van der Waals surface area contributed by atoms with Gasteiger partial charge in [-0.1, -0.05) is 6.07 Å². The Morgan fingerprint density at radius 3 is 2.88 bits per heavy atom. The summed E-state index contributed by atoms with van der Waals surface area (Å²) in [6.45, 7) is 2.89. The molecule has 3 N–H and O–H groups in total. The Labute approximate surface area is 146 Å². The number of carbonyl (C=O) groups is 2. The zero-order valence-electron chi connectivity index (χ0n) is 14.4. The quantitative estimate of drug-likeness (QED) is 0.750. The van der Waals surface area contributed by atoms with Crippen LogP contribution >= 0.6 is 0 Å². The zero-order chi connectivity index (χ0) is 17.9. The Morgan fingerprint density at radius 1 is 1.40 bits per heavy atom. The molecule has 0 saturated carbocycles. The number of fused-ring (bicyclic) bond motifs is 1. The molecule has 1 aromatic carbocycles. The van der Waals surface area contributed by atoms with Crippen LogP contribution in [0.5, 0.6) is 0 Å². The number of halogens is 1. The fourth-order valence-electron chi connectivity index (χ4n) is 3.70. The van der Waals surface area contributed by atoms with E-state index in [2.05, 4.69) is 16.0 Å². The summed E-state index contributed by atoms with van der Waals surface area (Å²) in [7, 11) is 1.67. The largest absolute Gasteiger partial charge is 0.384 e. The summed E-state index contributed by atoms with van der Waals surface area (Å²) in [5.41, 5.74) is 0.951. The first-order valence-corrected chi connectivity index (χ1v) is 8.60. The Hall–Kier alpha value is -1.99. The van der Waals surface area contributed by atoms with E-state index < -0.39 is 11.7 Å². The molecule has 1 unspecified atom stereocenters. The first kappa shape index (κ1) is 17.8. The van der Waals surface area contributed by atoms with Gasteiger partial charge in [0.05, 0.1) is 12.5 Å². The molecular formula is C18H24FN3O3. The van der Waals surface area contributed by atoms with Crippen LogP contribution in [-0.4, -0.2) is 45.2 Å². The van der Waals surface area contributed by atoms with E-state index in [1.807, 2.05) is 0 Å². The second-order valence-electron chi connectivity index (χ2n) is 6.94. The normalized spacial score (nSPS) is 22.0. The van der Waals surface area contributed by atoms with Crippen molar-refractivity contribution in [2.24, 2.45) is 5.41 Å². The molecule has 0 spiro atoms. The molecule has 2 aliphatic rings. The van der Waals surface area contributed by atoms with Crippen LogP contribution in [0.15, 0.2) is 18.2 Å². The Morgan fingerprint density at radius 2 is 2.16 bits per heavy atom. The Bertz CT molecular complexity index is 653. The fraction of sp³-hybridized carbons (Fsp3) is 0.556. The number of hydrogen-bond donors (Lipinski definition) is 3. The van der Waals surface area contributed by atoms with E-state index in [0.29, 0.717) is 24.4 Å². The molecule has 1 saturated heterocycles. The molecule has 7 heteroatoms. The van der Waals surface area contributed by atoms with Crippen molar-refractivity contribution in [3.8, 4) is 0 Å². The van der Waals surface area contributed by atoms with Gasteiger partial charge in [-0.2, -0.15) is 0 Å². The minimum absolute atomic E-state index is 0.0727. The van der Waals surface area contributed by atoms with Crippen LogP contribution in [0.1, 0.15) is 30.7 Å². The highest BCUT2D eigenvalue weighted by Crippen LogP contribution is 2.34. The van der Waals surface area contributed by atoms with Crippen molar-refractivity contribution in [2.45, 2.75) is 25.2 Å². The highest BCUT2D eigenvalue weighted by Gasteiger charge is 2.35. The van der Waals surface area contributed by atoms with Crippen LogP contribution in [0.3, 0.4) is 0 Å². The topological polar surface area (TPSA) is 79.5 Å². The number of rotatable bonds is 5. The van der Waals surface area contributed by atoms with Gasteiger partial charge in [0.15, 0.2) is 0 Å². The summed E-state index contributed by atoms with van der Waals surface area (Å²) in [5.74, 6) is -1.50. The lowest BCUT2D eigenvalue weighted by molar-refractivity contribution is -0.127. The number of anilines is 1. The molecule has 1 fully saturated rings. The number of methoxy groups -OCH3 is 1. The smallest absolute Gasteiger partial charge is 0.228 e. The second kappa shape index (κ2) is 7.49. The molecule has 2 heterocycles. The molecule has 0 aliphatic carbocycles. The maximum Gasteiger partial charge on any atom is 0.228 e. The number of ether oxygens (including phenoxy) is 1.